The minimum Gasteiger partial charge on any atom is -0.379 e. The molecule has 0 aromatic rings. The fourth-order valence-electron chi connectivity index (χ4n) is 4.42. The second kappa shape index (κ2) is 8.50. The van der Waals surface area contributed by atoms with E-state index in [4.69, 9.17) is 4.74 Å². The zero-order valence-corrected chi connectivity index (χ0v) is 14.5. The Hall–Kier alpha value is -0.120. The van der Waals surface area contributed by atoms with Crippen LogP contribution in [0.4, 0.5) is 0 Å². The summed E-state index contributed by atoms with van der Waals surface area (Å²) >= 11 is 0. The van der Waals surface area contributed by atoms with E-state index in [1.54, 1.807) is 0 Å². The fraction of sp³-hybridized carbons (Fsp3) is 1.00. The molecule has 1 heterocycles. The highest BCUT2D eigenvalue weighted by atomic mass is 16.5. The van der Waals surface area contributed by atoms with Crippen LogP contribution in [0.1, 0.15) is 65.7 Å². The van der Waals surface area contributed by atoms with Gasteiger partial charge in [-0.1, -0.05) is 46.5 Å². The van der Waals surface area contributed by atoms with Crippen molar-refractivity contribution in [3.63, 3.8) is 0 Å². The molecule has 2 rings (SSSR count). The third kappa shape index (κ3) is 4.43. The van der Waals surface area contributed by atoms with Crippen molar-refractivity contribution in [2.24, 2.45) is 5.92 Å². The van der Waals surface area contributed by atoms with Gasteiger partial charge in [0, 0.05) is 24.7 Å². The van der Waals surface area contributed by atoms with Crippen LogP contribution in [0.25, 0.3) is 0 Å². The van der Waals surface area contributed by atoms with Crippen LogP contribution in [0, 0.1) is 5.92 Å². The molecule has 0 spiro atoms. The molecular formula is C18H36N2O. The van der Waals surface area contributed by atoms with Gasteiger partial charge in [-0.05, 0) is 31.7 Å². The highest BCUT2D eigenvalue weighted by Gasteiger charge is 2.45. The van der Waals surface area contributed by atoms with E-state index in [1.165, 1.54) is 44.9 Å². The van der Waals surface area contributed by atoms with Crippen molar-refractivity contribution < 1.29 is 4.74 Å². The lowest BCUT2D eigenvalue weighted by molar-refractivity contribution is -0.0370. The highest BCUT2D eigenvalue weighted by molar-refractivity contribution is 5.04. The summed E-state index contributed by atoms with van der Waals surface area (Å²) in [6.07, 6.45) is 9.64. The maximum absolute atomic E-state index is 5.59. The summed E-state index contributed by atoms with van der Waals surface area (Å²) in [5.74, 6) is 0.829. The van der Waals surface area contributed by atoms with Crippen LogP contribution in [-0.4, -0.2) is 49.3 Å². The Kier molecular flexibility index (Phi) is 6.97. The minimum absolute atomic E-state index is 0.413. The number of ether oxygens (including phenoxy) is 1. The summed E-state index contributed by atoms with van der Waals surface area (Å²) in [6.45, 7) is 12.2. The molecule has 1 aliphatic heterocycles. The zero-order valence-electron chi connectivity index (χ0n) is 14.5. The number of morpholine rings is 1. The van der Waals surface area contributed by atoms with Gasteiger partial charge >= 0.3 is 0 Å². The van der Waals surface area contributed by atoms with Crippen molar-refractivity contribution in [1.82, 2.24) is 10.2 Å². The third-order valence-electron chi connectivity index (χ3n) is 5.48. The zero-order chi connectivity index (χ0) is 15.1. The third-order valence-corrected chi connectivity index (χ3v) is 5.48. The summed E-state index contributed by atoms with van der Waals surface area (Å²) in [6, 6.07) is 0.668. The Morgan fingerprint density at radius 3 is 2.33 bits per heavy atom. The second-order valence-corrected chi connectivity index (χ2v) is 7.35. The normalized spacial score (nSPS) is 24.6. The van der Waals surface area contributed by atoms with E-state index in [0.29, 0.717) is 11.6 Å². The first-order valence-electron chi connectivity index (χ1n) is 9.25. The van der Waals surface area contributed by atoms with Crippen LogP contribution in [0.3, 0.4) is 0 Å². The molecule has 1 saturated heterocycles. The van der Waals surface area contributed by atoms with Gasteiger partial charge in [0.2, 0.25) is 0 Å². The number of hydrogen-bond donors (Lipinski definition) is 1. The number of likely N-dealkylation sites (N-methyl/N-ethyl adjacent to an activating group) is 1. The van der Waals surface area contributed by atoms with Gasteiger partial charge < -0.3 is 10.1 Å². The molecule has 0 amide bonds. The van der Waals surface area contributed by atoms with E-state index >= 15 is 0 Å². The first kappa shape index (κ1) is 17.2. The molecule has 3 nitrogen and oxygen atoms in total. The number of rotatable bonds is 8. The average molecular weight is 296 g/mol. The Morgan fingerprint density at radius 1 is 1.10 bits per heavy atom. The van der Waals surface area contributed by atoms with Gasteiger partial charge in [-0.15, -0.1) is 0 Å². The Labute approximate surface area is 131 Å². The predicted octanol–water partition coefficient (Wildman–Crippen LogP) is 3.44. The first-order valence-corrected chi connectivity index (χ1v) is 9.25. The lowest BCUT2D eigenvalue weighted by Gasteiger charge is -2.48. The molecule has 0 aromatic carbocycles. The predicted molar refractivity (Wildman–Crippen MR) is 89.7 cm³/mol. The molecule has 2 aliphatic rings. The molecule has 3 heteroatoms. The van der Waals surface area contributed by atoms with E-state index in [1.807, 2.05) is 0 Å². The van der Waals surface area contributed by atoms with Crippen LogP contribution >= 0.6 is 0 Å². The van der Waals surface area contributed by atoms with Crippen molar-refractivity contribution >= 4 is 0 Å². The van der Waals surface area contributed by atoms with Crippen molar-refractivity contribution in [3.05, 3.63) is 0 Å². The Balaban J connectivity index is 2.03. The molecular weight excluding hydrogens is 260 g/mol. The molecule has 21 heavy (non-hydrogen) atoms. The molecule has 1 N–H and O–H groups in total. The number of hydrogen-bond acceptors (Lipinski definition) is 3. The molecule has 124 valence electrons. The maximum atomic E-state index is 5.59. The van der Waals surface area contributed by atoms with E-state index in [-0.39, 0.29) is 0 Å². The monoisotopic (exact) mass is 296 g/mol. The summed E-state index contributed by atoms with van der Waals surface area (Å²) in [5.41, 5.74) is 0.413. The summed E-state index contributed by atoms with van der Waals surface area (Å²) in [7, 11) is 0. The van der Waals surface area contributed by atoms with Gasteiger partial charge in [0.15, 0.2) is 0 Å². The lowest BCUT2D eigenvalue weighted by Crippen LogP contribution is -2.62. The van der Waals surface area contributed by atoms with Crippen molar-refractivity contribution in [1.29, 1.82) is 0 Å². The Bertz CT molecular complexity index is 281. The lowest BCUT2D eigenvalue weighted by atomic mass is 9.82. The fourth-order valence-corrected chi connectivity index (χ4v) is 4.42. The molecule has 0 bridgehead atoms. The van der Waals surface area contributed by atoms with Gasteiger partial charge in [0.1, 0.15) is 0 Å². The van der Waals surface area contributed by atoms with Crippen LogP contribution in [-0.2, 0) is 4.74 Å². The SMILES string of the molecule is CCNC(CCCC(C)C)C1(N2CCOCC2)CCCC1. The standard InChI is InChI=1S/C18H36N2O/c1-4-19-17(9-7-8-16(2)3)18(10-5-6-11-18)20-12-14-21-15-13-20/h16-17,19H,4-15H2,1-3H3. The van der Waals surface area contributed by atoms with E-state index < -0.39 is 0 Å². The van der Waals surface area contributed by atoms with Gasteiger partial charge in [0.05, 0.1) is 13.2 Å². The first-order chi connectivity index (χ1) is 10.2. The van der Waals surface area contributed by atoms with Crippen molar-refractivity contribution in [2.45, 2.75) is 77.3 Å². The second-order valence-electron chi connectivity index (χ2n) is 7.35. The van der Waals surface area contributed by atoms with Crippen molar-refractivity contribution in [3.8, 4) is 0 Å². The van der Waals surface area contributed by atoms with E-state index in [2.05, 4.69) is 31.0 Å². The quantitative estimate of drug-likeness (QED) is 0.742. The van der Waals surface area contributed by atoms with Gasteiger partial charge in [-0.25, -0.2) is 0 Å². The van der Waals surface area contributed by atoms with Gasteiger partial charge in [-0.3, -0.25) is 4.90 Å². The van der Waals surface area contributed by atoms with E-state index in [9.17, 15) is 0 Å². The Morgan fingerprint density at radius 2 is 1.76 bits per heavy atom. The van der Waals surface area contributed by atoms with Crippen LogP contribution in [0.5, 0.6) is 0 Å². The average Bonchev–Trinajstić information content (AvgIpc) is 2.98. The number of nitrogens with zero attached hydrogens (tertiary/aromatic N) is 1. The number of nitrogens with one attached hydrogen (secondary N) is 1. The molecule has 0 aromatic heterocycles. The molecule has 2 fully saturated rings. The van der Waals surface area contributed by atoms with E-state index in [0.717, 1.165) is 38.8 Å². The summed E-state index contributed by atoms with van der Waals surface area (Å²) in [5, 5.41) is 3.85. The topological polar surface area (TPSA) is 24.5 Å². The van der Waals surface area contributed by atoms with Crippen molar-refractivity contribution in [2.75, 3.05) is 32.8 Å². The van der Waals surface area contributed by atoms with Gasteiger partial charge in [-0.2, -0.15) is 0 Å². The van der Waals surface area contributed by atoms with Crippen LogP contribution in [0.15, 0.2) is 0 Å². The minimum atomic E-state index is 0.413. The molecule has 1 aliphatic carbocycles. The molecule has 1 saturated carbocycles. The maximum Gasteiger partial charge on any atom is 0.0594 e. The highest BCUT2D eigenvalue weighted by Crippen LogP contribution is 2.40. The van der Waals surface area contributed by atoms with Crippen LogP contribution in [0.2, 0.25) is 0 Å². The molecule has 1 unspecified atom stereocenters. The summed E-state index contributed by atoms with van der Waals surface area (Å²) in [4.78, 5) is 2.77. The molecule has 1 atom stereocenters. The smallest absolute Gasteiger partial charge is 0.0594 e. The van der Waals surface area contributed by atoms with Gasteiger partial charge in [0.25, 0.3) is 0 Å². The largest absolute Gasteiger partial charge is 0.379 e. The summed E-state index contributed by atoms with van der Waals surface area (Å²) < 4.78 is 5.59. The van der Waals surface area contributed by atoms with Crippen LogP contribution < -0.4 is 5.32 Å². The molecule has 0 radical (unpaired) electrons.